The van der Waals surface area contributed by atoms with Crippen LogP contribution in [0.25, 0.3) is 0 Å². The molecule has 1 heterocycles. The molecule has 0 spiro atoms. The van der Waals surface area contributed by atoms with E-state index in [9.17, 15) is 13.2 Å². The van der Waals surface area contributed by atoms with Crippen molar-refractivity contribution in [3.63, 3.8) is 0 Å². The van der Waals surface area contributed by atoms with E-state index in [0.29, 0.717) is 32.5 Å². The number of carbonyl (C=O) groups excluding carboxylic acids is 1. The second-order valence-corrected chi connectivity index (χ2v) is 6.54. The maximum atomic E-state index is 11.9. The summed E-state index contributed by atoms with van der Waals surface area (Å²) < 4.78 is 31.3. The Morgan fingerprint density at radius 3 is 2.50 bits per heavy atom. The van der Waals surface area contributed by atoms with Gasteiger partial charge >= 0.3 is 6.09 Å². The molecule has 1 amide bonds. The Bertz CT molecular complexity index is 464. The van der Waals surface area contributed by atoms with E-state index in [1.54, 1.807) is 24.8 Å². The Morgan fingerprint density at radius 2 is 2.05 bits per heavy atom. The molecule has 1 unspecified atom stereocenters. The van der Waals surface area contributed by atoms with Gasteiger partial charge in [0.05, 0.1) is 12.7 Å². The summed E-state index contributed by atoms with van der Waals surface area (Å²) >= 11 is 0. The van der Waals surface area contributed by atoms with E-state index in [2.05, 4.69) is 4.72 Å². The summed E-state index contributed by atoms with van der Waals surface area (Å²) in [5, 5.41) is 7.80. The lowest BCUT2D eigenvalue weighted by Gasteiger charge is -2.31. The minimum atomic E-state index is -3.62. The number of ether oxygens (including phenoxy) is 1. The molecule has 1 aliphatic rings. The van der Waals surface area contributed by atoms with Gasteiger partial charge in [-0.15, -0.1) is 0 Å². The van der Waals surface area contributed by atoms with Crippen molar-refractivity contribution in [2.75, 3.05) is 19.7 Å². The van der Waals surface area contributed by atoms with E-state index in [1.165, 1.54) is 0 Å². The number of rotatable bonds is 5. The number of amides is 1. The topological polar surface area (TPSA) is 99.5 Å². The van der Waals surface area contributed by atoms with E-state index in [-0.39, 0.29) is 18.6 Å². The number of hydrogen-bond acceptors (Lipinski definition) is 5. The van der Waals surface area contributed by atoms with Gasteiger partial charge in [0.15, 0.2) is 5.25 Å². The molecule has 0 aromatic heterocycles. The zero-order chi connectivity index (χ0) is 15.2. The molecule has 0 aromatic rings. The van der Waals surface area contributed by atoms with Gasteiger partial charge in [-0.1, -0.05) is 6.92 Å². The SMILES string of the molecule is CCOC(=O)N1CCC(NS(=O)(=O)C(C#N)CC)CC1. The highest BCUT2D eigenvalue weighted by atomic mass is 32.2. The summed E-state index contributed by atoms with van der Waals surface area (Å²) in [7, 11) is -3.62. The largest absolute Gasteiger partial charge is 0.450 e. The van der Waals surface area contributed by atoms with Crippen LogP contribution >= 0.6 is 0 Å². The summed E-state index contributed by atoms with van der Waals surface area (Å²) in [4.78, 5) is 13.1. The van der Waals surface area contributed by atoms with Crippen LogP contribution in [-0.4, -0.2) is 50.4 Å². The Labute approximate surface area is 119 Å². The van der Waals surface area contributed by atoms with Gasteiger partial charge in [-0.2, -0.15) is 5.26 Å². The number of hydrogen-bond donors (Lipinski definition) is 1. The Morgan fingerprint density at radius 1 is 1.45 bits per heavy atom. The van der Waals surface area contributed by atoms with Crippen LogP contribution in [0.4, 0.5) is 4.79 Å². The quantitative estimate of drug-likeness (QED) is 0.811. The van der Waals surface area contributed by atoms with Crippen molar-refractivity contribution >= 4 is 16.1 Å². The zero-order valence-electron chi connectivity index (χ0n) is 11.8. The van der Waals surface area contributed by atoms with Crippen LogP contribution in [-0.2, 0) is 14.8 Å². The van der Waals surface area contributed by atoms with E-state index in [4.69, 9.17) is 10.00 Å². The van der Waals surface area contributed by atoms with Gasteiger partial charge in [0.25, 0.3) is 0 Å². The molecule has 0 aliphatic carbocycles. The number of piperidine rings is 1. The molecule has 7 nitrogen and oxygen atoms in total. The van der Waals surface area contributed by atoms with Gasteiger partial charge in [-0.05, 0) is 26.2 Å². The Balaban J connectivity index is 2.51. The first-order chi connectivity index (χ1) is 9.44. The summed E-state index contributed by atoms with van der Waals surface area (Å²) in [6.07, 6.45) is 0.949. The number of likely N-dealkylation sites (tertiary alicyclic amines) is 1. The predicted molar refractivity (Wildman–Crippen MR) is 73.4 cm³/mol. The number of sulfonamides is 1. The first kappa shape index (κ1) is 16.7. The molecule has 0 saturated carbocycles. The Hall–Kier alpha value is -1.33. The van der Waals surface area contributed by atoms with E-state index < -0.39 is 15.3 Å². The third-order valence-corrected chi connectivity index (χ3v) is 5.09. The smallest absolute Gasteiger partial charge is 0.409 e. The zero-order valence-corrected chi connectivity index (χ0v) is 12.6. The Kier molecular flexibility index (Phi) is 6.23. The van der Waals surface area contributed by atoms with Gasteiger partial charge in [0.2, 0.25) is 10.0 Å². The fourth-order valence-corrected chi connectivity index (χ4v) is 3.53. The van der Waals surface area contributed by atoms with Crippen LogP contribution in [0.2, 0.25) is 0 Å². The molecule has 1 N–H and O–H groups in total. The predicted octanol–water partition coefficient (Wildman–Crippen LogP) is 0.829. The van der Waals surface area contributed by atoms with Crippen LogP contribution < -0.4 is 4.72 Å². The first-order valence-corrected chi connectivity index (χ1v) is 8.31. The lowest BCUT2D eigenvalue weighted by molar-refractivity contribution is 0.0966. The van der Waals surface area contributed by atoms with Crippen LogP contribution in [0, 0.1) is 11.3 Å². The third kappa shape index (κ3) is 4.35. The van der Waals surface area contributed by atoms with Crippen molar-refractivity contribution in [2.45, 2.75) is 44.4 Å². The number of carbonyl (C=O) groups is 1. The summed E-state index contributed by atoms with van der Waals surface area (Å²) in [5.41, 5.74) is 0. The van der Waals surface area contributed by atoms with Crippen molar-refractivity contribution in [1.82, 2.24) is 9.62 Å². The third-order valence-electron chi connectivity index (χ3n) is 3.24. The lowest BCUT2D eigenvalue weighted by Crippen LogP contribution is -2.48. The summed E-state index contributed by atoms with van der Waals surface area (Å²) in [6.45, 7) is 4.64. The van der Waals surface area contributed by atoms with Crippen molar-refractivity contribution in [3.05, 3.63) is 0 Å². The fraction of sp³-hybridized carbons (Fsp3) is 0.833. The highest BCUT2D eigenvalue weighted by Crippen LogP contribution is 2.14. The molecule has 20 heavy (non-hydrogen) atoms. The minimum absolute atomic E-state index is 0.229. The van der Waals surface area contributed by atoms with Crippen LogP contribution in [0.1, 0.15) is 33.1 Å². The summed E-state index contributed by atoms with van der Waals surface area (Å²) in [5.74, 6) is 0. The highest BCUT2D eigenvalue weighted by Gasteiger charge is 2.30. The van der Waals surface area contributed by atoms with Crippen molar-refractivity contribution in [3.8, 4) is 6.07 Å². The molecule has 1 rings (SSSR count). The van der Waals surface area contributed by atoms with Gasteiger partial charge in [-0.3, -0.25) is 0 Å². The maximum absolute atomic E-state index is 11.9. The first-order valence-electron chi connectivity index (χ1n) is 6.77. The van der Waals surface area contributed by atoms with E-state index in [1.807, 2.05) is 0 Å². The lowest BCUT2D eigenvalue weighted by atomic mass is 10.1. The number of nitriles is 1. The van der Waals surface area contributed by atoms with Gasteiger partial charge in [0, 0.05) is 19.1 Å². The molecule has 8 heteroatoms. The molecule has 114 valence electrons. The van der Waals surface area contributed by atoms with Crippen LogP contribution in [0.15, 0.2) is 0 Å². The molecule has 1 aliphatic heterocycles. The second kappa shape index (κ2) is 7.45. The minimum Gasteiger partial charge on any atom is -0.450 e. The monoisotopic (exact) mass is 303 g/mol. The average Bonchev–Trinajstić information content (AvgIpc) is 2.40. The maximum Gasteiger partial charge on any atom is 0.409 e. The molecule has 0 aromatic carbocycles. The molecule has 1 saturated heterocycles. The van der Waals surface area contributed by atoms with Crippen molar-refractivity contribution in [2.24, 2.45) is 0 Å². The fourth-order valence-electron chi connectivity index (χ4n) is 2.09. The van der Waals surface area contributed by atoms with Gasteiger partial charge in [0.1, 0.15) is 0 Å². The standard InChI is InChI=1S/C12H21N3O4S/c1-3-11(9-13)20(17,18)14-10-5-7-15(8-6-10)12(16)19-4-2/h10-11,14H,3-8H2,1-2H3. The molecular weight excluding hydrogens is 282 g/mol. The highest BCUT2D eigenvalue weighted by molar-refractivity contribution is 7.90. The molecule has 1 fully saturated rings. The molecular formula is C12H21N3O4S. The van der Waals surface area contributed by atoms with Crippen LogP contribution in [0.5, 0.6) is 0 Å². The van der Waals surface area contributed by atoms with Crippen LogP contribution in [0.3, 0.4) is 0 Å². The number of nitrogens with one attached hydrogen (secondary N) is 1. The van der Waals surface area contributed by atoms with Crippen molar-refractivity contribution < 1.29 is 17.9 Å². The normalized spacial score (nSPS) is 18.4. The number of nitrogens with zero attached hydrogens (tertiary/aromatic N) is 2. The van der Waals surface area contributed by atoms with Crippen molar-refractivity contribution in [1.29, 1.82) is 5.26 Å². The molecule has 0 radical (unpaired) electrons. The molecule has 1 atom stereocenters. The average molecular weight is 303 g/mol. The second-order valence-electron chi connectivity index (χ2n) is 4.65. The van der Waals surface area contributed by atoms with Gasteiger partial charge in [-0.25, -0.2) is 17.9 Å². The van der Waals surface area contributed by atoms with E-state index in [0.717, 1.165) is 0 Å². The van der Waals surface area contributed by atoms with Gasteiger partial charge < -0.3 is 9.64 Å². The van der Waals surface area contributed by atoms with E-state index >= 15 is 0 Å². The molecule has 0 bridgehead atoms. The summed E-state index contributed by atoms with van der Waals surface area (Å²) in [6, 6.07) is 1.56.